The molecule has 0 aliphatic carbocycles. The molecule has 3 N–H and O–H groups in total. The Bertz CT molecular complexity index is 492. The van der Waals surface area contributed by atoms with Crippen LogP contribution in [0.15, 0.2) is 18.2 Å². The Morgan fingerprint density at radius 2 is 2.14 bits per heavy atom. The van der Waals surface area contributed by atoms with Crippen molar-refractivity contribution in [3.8, 4) is 0 Å². The molecule has 1 rings (SSSR count). The van der Waals surface area contributed by atoms with E-state index in [4.69, 9.17) is 26.8 Å². The van der Waals surface area contributed by atoms with Gasteiger partial charge in [-0.1, -0.05) is 11.6 Å². The average Bonchev–Trinajstić information content (AvgIpc) is 2.41. The molecule has 0 saturated heterocycles. The molecule has 21 heavy (non-hydrogen) atoms. The first-order valence-corrected chi connectivity index (χ1v) is 7.15. The van der Waals surface area contributed by atoms with Crippen LogP contribution in [0.2, 0.25) is 5.02 Å². The normalized spacial score (nSPS) is 13.0. The number of anilines is 2. The number of hydrogen-bond acceptors (Lipinski definition) is 4. The number of nitrogens with one attached hydrogen (secondary N) is 1. The molecular formula is C15H23ClN2O3. The minimum absolute atomic E-state index is 0.251. The second-order valence-corrected chi connectivity index (χ2v) is 5.88. The van der Waals surface area contributed by atoms with Gasteiger partial charge in [0.1, 0.15) is 6.10 Å². The number of carbonyl (C=O) groups is 1. The Hall–Kier alpha value is -1.30. The Morgan fingerprint density at radius 3 is 2.71 bits per heavy atom. The van der Waals surface area contributed by atoms with Crippen LogP contribution >= 0.6 is 11.6 Å². The topological polar surface area (TPSA) is 73.6 Å². The molecule has 0 aliphatic rings. The van der Waals surface area contributed by atoms with Gasteiger partial charge in [-0.05, 0) is 45.4 Å². The first kappa shape index (κ1) is 17.8. The number of methoxy groups -OCH3 is 1. The summed E-state index contributed by atoms with van der Waals surface area (Å²) in [6, 6.07) is 4.92. The van der Waals surface area contributed by atoms with E-state index in [0.29, 0.717) is 29.4 Å². The number of ether oxygens (including phenoxy) is 2. The highest BCUT2D eigenvalue weighted by Gasteiger charge is 2.19. The minimum Gasteiger partial charge on any atom is -0.397 e. The molecule has 0 aliphatic heterocycles. The lowest BCUT2D eigenvalue weighted by molar-refractivity contribution is -0.127. The van der Waals surface area contributed by atoms with Crippen molar-refractivity contribution >= 4 is 28.9 Å². The van der Waals surface area contributed by atoms with Crippen molar-refractivity contribution in [2.24, 2.45) is 0 Å². The number of halogens is 1. The number of nitrogens with two attached hydrogens (primary N) is 1. The van der Waals surface area contributed by atoms with E-state index in [9.17, 15) is 4.79 Å². The maximum Gasteiger partial charge on any atom is 0.253 e. The lowest BCUT2D eigenvalue weighted by atomic mass is 10.1. The van der Waals surface area contributed by atoms with Gasteiger partial charge in [-0.3, -0.25) is 4.79 Å². The Labute approximate surface area is 130 Å². The molecule has 0 saturated carbocycles. The van der Waals surface area contributed by atoms with E-state index in [1.165, 1.54) is 0 Å². The number of rotatable bonds is 7. The Balaban J connectivity index is 2.48. The van der Waals surface area contributed by atoms with E-state index in [-0.39, 0.29) is 11.5 Å². The van der Waals surface area contributed by atoms with E-state index in [1.807, 2.05) is 13.8 Å². The molecule has 1 amide bonds. The SMILES string of the molecule is COC(C)(C)CCOC(C)C(=O)Nc1ccc(Cl)cc1N. The molecule has 118 valence electrons. The summed E-state index contributed by atoms with van der Waals surface area (Å²) < 4.78 is 10.8. The molecule has 6 heteroatoms. The zero-order valence-corrected chi connectivity index (χ0v) is 13.7. The minimum atomic E-state index is -0.576. The summed E-state index contributed by atoms with van der Waals surface area (Å²) in [5.74, 6) is -0.251. The van der Waals surface area contributed by atoms with Crippen molar-refractivity contribution in [1.29, 1.82) is 0 Å². The maximum atomic E-state index is 12.0. The molecule has 0 spiro atoms. The van der Waals surface area contributed by atoms with Crippen LogP contribution in [0.1, 0.15) is 27.2 Å². The van der Waals surface area contributed by atoms with Crippen LogP contribution in [0.25, 0.3) is 0 Å². The number of benzene rings is 1. The van der Waals surface area contributed by atoms with Crippen LogP contribution in [0.5, 0.6) is 0 Å². The van der Waals surface area contributed by atoms with E-state index >= 15 is 0 Å². The lowest BCUT2D eigenvalue weighted by Crippen LogP contribution is -2.31. The summed E-state index contributed by atoms with van der Waals surface area (Å²) in [6.07, 6.45) is 0.122. The van der Waals surface area contributed by atoms with E-state index in [2.05, 4.69) is 5.32 Å². The van der Waals surface area contributed by atoms with Gasteiger partial charge >= 0.3 is 0 Å². The third-order valence-electron chi connectivity index (χ3n) is 3.27. The number of nitrogen functional groups attached to an aromatic ring is 1. The smallest absolute Gasteiger partial charge is 0.253 e. The summed E-state index contributed by atoms with van der Waals surface area (Å²) in [6.45, 7) is 6.07. The molecule has 1 unspecified atom stereocenters. The first-order valence-electron chi connectivity index (χ1n) is 6.78. The van der Waals surface area contributed by atoms with Gasteiger partial charge in [0.05, 0.1) is 23.6 Å². The highest BCUT2D eigenvalue weighted by molar-refractivity contribution is 6.31. The van der Waals surface area contributed by atoms with Gasteiger partial charge in [0.2, 0.25) is 0 Å². The zero-order valence-electron chi connectivity index (χ0n) is 12.9. The largest absolute Gasteiger partial charge is 0.397 e. The first-order chi connectivity index (χ1) is 9.75. The second kappa shape index (κ2) is 7.64. The predicted octanol–water partition coefficient (Wildman–Crippen LogP) is 3.08. The highest BCUT2D eigenvalue weighted by atomic mass is 35.5. The fraction of sp³-hybridized carbons (Fsp3) is 0.533. The molecule has 1 aromatic carbocycles. The third-order valence-corrected chi connectivity index (χ3v) is 3.50. The summed E-state index contributed by atoms with van der Waals surface area (Å²) in [5, 5.41) is 3.24. The molecule has 0 heterocycles. The zero-order chi connectivity index (χ0) is 16.0. The maximum absolute atomic E-state index is 12.0. The van der Waals surface area contributed by atoms with Crippen LogP contribution < -0.4 is 11.1 Å². The van der Waals surface area contributed by atoms with Gasteiger partial charge in [-0.2, -0.15) is 0 Å². The molecule has 5 nitrogen and oxygen atoms in total. The fourth-order valence-corrected chi connectivity index (χ4v) is 1.72. The van der Waals surface area contributed by atoms with Gasteiger partial charge in [0, 0.05) is 12.1 Å². The van der Waals surface area contributed by atoms with Crippen molar-refractivity contribution < 1.29 is 14.3 Å². The molecule has 0 bridgehead atoms. The second-order valence-electron chi connectivity index (χ2n) is 5.45. The third kappa shape index (κ3) is 5.91. The van der Waals surface area contributed by atoms with Crippen LogP contribution in [0.3, 0.4) is 0 Å². The van der Waals surface area contributed by atoms with Gasteiger partial charge in [0.15, 0.2) is 0 Å². The summed E-state index contributed by atoms with van der Waals surface area (Å²) in [5.41, 5.74) is 6.47. The monoisotopic (exact) mass is 314 g/mol. The van der Waals surface area contributed by atoms with Crippen LogP contribution in [-0.4, -0.2) is 31.3 Å². The number of hydrogen-bond donors (Lipinski definition) is 2. The van der Waals surface area contributed by atoms with E-state index in [1.54, 1.807) is 32.2 Å². The Kier molecular flexibility index (Phi) is 6.45. The lowest BCUT2D eigenvalue weighted by Gasteiger charge is -2.23. The van der Waals surface area contributed by atoms with Crippen LogP contribution in [0, 0.1) is 0 Å². The van der Waals surface area contributed by atoms with Gasteiger partial charge in [0.25, 0.3) is 5.91 Å². The summed E-state index contributed by atoms with van der Waals surface area (Å²) in [4.78, 5) is 12.0. The van der Waals surface area contributed by atoms with Gasteiger partial charge in [-0.25, -0.2) is 0 Å². The van der Waals surface area contributed by atoms with Crippen molar-refractivity contribution in [3.63, 3.8) is 0 Å². The molecule has 0 aromatic heterocycles. The molecule has 1 aromatic rings. The molecule has 0 radical (unpaired) electrons. The quantitative estimate of drug-likeness (QED) is 0.759. The van der Waals surface area contributed by atoms with Crippen molar-refractivity contribution in [3.05, 3.63) is 23.2 Å². The summed E-state index contributed by atoms with van der Waals surface area (Å²) >= 11 is 5.81. The average molecular weight is 315 g/mol. The van der Waals surface area contributed by atoms with Crippen molar-refractivity contribution in [2.75, 3.05) is 24.8 Å². The number of amides is 1. The molecule has 0 fully saturated rings. The number of carbonyl (C=O) groups excluding carboxylic acids is 1. The van der Waals surface area contributed by atoms with Crippen molar-refractivity contribution in [1.82, 2.24) is 0 Å². The van der Waals surface area contributed by atoms with Crippen molar-refractivity contribution in [2.45, 2.75) is 38.9 Å². The van der Waals surface area contributed by atoms with E-state index < -0.39 is 6.10 Å². The standard InChI is InChI=1S/C15H23ClN2O3/c1-10(21-8-7-15(2,3)20-4)14(19)18-13-6-5-11(16)9-12(13)17/h5-6,9-10H,7-8,17H2,1-4H3,(H,18,19). The fourth-order valence-electron chi connectivity index (χ4n) is 1.54. The highest BCUT2D eigenvalue weighted by Crippen LogP contribution is 2.23. The van der Waals surface area contributed by atoms with Gasteiger partial charge in [-0.15, -0.1) is 0 Å². The predicted molar refractivity (Wildman–Crippen MR) is 85.6 cm³/mol. The van der Waals surface area contributed by atoms with Gasteiger partial charge < -0.3 is 20.5 Å². The molecule has 1 atom stereocenters. The molecular weight excluding hydrogens is 292 g/mol. The summed E-state index contributed by atoms with van der Waals surface area (Å²) in [7, 11) is 1.65. The van der Waals surface area contributed by atoms with Crippen LogP contribution in [-0.2, 0) is 14.3 Å². The van der Waals surface area contributed by atoms with Crippen LogP contribution in [0.4, 0.5) is 11.4 Å². The van der Waals surface area contributed by atoms with E-state index in [0.717, 1.165) is 0 Å². The Morgan fingerprint density at radius 1 is 1.48 bits per heavy atom.